The molecular formula is C21H23F2N5O3S. The molecule has 3 N–H and O–H groups in total. The highest BCUT2D eigenvalue weighted by atomic mass is 32.1. The van der Waals surface area contributed by atoms with Gasteiger partial charge in [0.15, 0.2) is 16.8 Å². The molecule has 170 valence electrons. The van der Waals surface area contributed by atoms with Crippen LogP contribution in [0.2, 0.25) is 0 Å². The van der Waals surface area contributed by atoms with Crippen LogP contribution in [0.15, 0.2) is 30.5 Å². The third-order valence-corrected chi connectivity index (χ3v) is 6.25. The number of pyridine rings is 1. The molecule has 3 heterocycles. The van der Waals surface area contributed by atoms with E-state index in [1.165, 1.54) is 35.7 Å². The van der Waals surface area contributed by atoms with E-state index in [0.717, 1.165) is 0 Å². The lowest BCUT2D eigenvalue weighted by molar-refractivity contribution is 0.0954. The number of nitrogens with one attached hydrogen (secondary N) is 1. The molecule has 1 aromatic carbocycles. The van der Waals surface area contributed by atoms with Crippen molar-refractivity contribution in [3.8, 4) is 0 Å². The fourth-order valence-electron chi connectivity index (χ4n) is 3.71. The van der Waals surface area contributed by atoms with Crippen LogP contribution in [-0.4, -0.2) is 69.5 Å². The fourth-order valence-corrected chi connectivity index (χ4v) is 4.59. The molecule has 2 amide bonds. The van der Waals surface area contributed by atoms with Crippen LogP contribution in [0.4, 0.5) is 24.5 Å². The zero-order valence-electron chi connectivity index (χ0n) is 17.3. The number of anilines is 2. The Morgan fingerprint density at radius 1 is 1.34 bits per heavy atom. The maximum absolute atomic E-state index is 14.7. The van der Waals surface area contributed by atoms with Crippen LogP contribution in [0.1, 0.15) is 12.5 Å². The van der Waals surface area contributed by atoms with Crippen molar-refractivity contribution in [3.05, 3.63) is 47.7 Å². The van der Waals surface area contributed by atoms with Gasteiger partial charge in [-0.05, 0) is 36.8 Å². The number of amides is 2. The molecule has 0 aliphatic carbocycles. The smallest absolute Gasteiger partial charge is 0.323 e. The van der Waals surface area contributed by atoms with Crippen molar-refractivity contribution in [3.63, 3.8) is 0 Å². The van der Waals surface area contributed by atoms with Gasteiger partial charge in [0.2, 0.25) is 0 Å². The van der Waals surface area contributed by atoms with E-state index in [1.54, 1.807) is 15.9 Å². The maximum atomic E-state index is 14.7. The third kappa shape index (κ3) is 4.79. The van der Waals surface area contributed by atoms with E-state index in [0.29, 0.717) is 40.5 Å². The van der Waals surface area contributed by atoms with E-state index in [4.69, 9.17) is 5.11 Å². The highest BCUT2D eigenvalue weighted by Gasteiger charge is 2.29. The van der Waals surface area contributed by atoms with Gasteiger partial charge >= 0.3 is 6.03 Å². The molecule has 3 aromatic rings. The predicted octanol–water partition coefficient (Wildman–Crippen LogP) is 2.61. The molecule has 0 spiro atoms. The Morgan fingerprint density at radius 3 is 2.88 bits per heavy atom. The summed E-state index contributed by atoms with van der Waals surface area (Å²) in [5, 5.41) is 21.6. The molecule has 1 fully saturated rings. The second-order valence-electron chi connectivity index (χ2n) is 7.74. The minimum absolute atomic E-state index is 0.114. The topological polar surface area (TPSA) is 102 Å². The quantitative estimate of drug-likeness (QED) is 0.538. The number of aliphatic hydroxyl groups excluding tert-OH is 2. The second-order valence-corrected chi connectivity index (χ2v) is 8.77. The van der Waals surface area contributed by atoms with E-state index >= 15 is 0 Å². The van der Waals surface area contributed by atoms with E-state index in [-0.39, 0.29) is 30.1 Å². The number of carbonyl (C=O) groups is 1. The Morgan fingerprint density at radius 2 is 2.16 bits per heavy atom. The van der Waals surface area contributed by atoms with Crippen molar-refractivity contribution in [1.29, 1.82) is 0 Å². The summed E-state index contributed by atoms with van der Waals surface area (Å²) < 4.78 is 28.7. The van der Waals surface area contributed by atoms with Gasteiger partial charge in [0.05, 0.1) is 22.9 Å². The Labute approximate surface area is 187 Å². The molecule has 0 saturated carbocycles. The number of rotatable bonds is 5. The van der Waals surface area contributed by atoms with Crippen LogP contribution < -0.4 is 10.2 Å². The molecule has 32 heavy (non-hydrogen) atoms. The summed E-state index contributed by atoms with van der Waals surface area (Å²) >= 11 is 1.20. The average Bonchev–Trinajstić information content (AvgIpc) is 3.15. The molecule has 2 atom stereocenters. The highest BCUT2D eigenvalue weighted by molar-refractivity contribution is 7.22. The standard InChI is InChI=1S/C21H23F2N5O3S/c1-12-10-27(21(31)26-20-25-17-3-2-14(22)8-18(17)32-20)4-5-28(12)19-16(23)7-13(9-24-19)6-15(30)11-29/h2-3,7-9,12,15,29-30H,4-6,10-11H2,1H3,(H,25,26,31). The van der Waals surface area contributed by atoms with Crippen LogP contribution in [0.3, 0.4) is 0 Å². The number of carbonyl (C=O) groups excluding carboxylic acids is 1. The molecule has 1 aliphatic heterocycles. The zero-order valence-corrected chi connectivity index (χ0v) is 18.1. The fraction of sp³-hybridized carbons (Fsp3) is 0.381. The number of piperazine rings is 1. The van der Waals surface area contributed by atoms with Crippen molar-refractivity contribution in [2.75, 3.05) is 36.5 Å². The van der Waals surface area contributed by atoms with Gasteiger partial charge in [-0.3, -0.25) is 5.32 Å². The summed E-state index contributed by atoms with van der Waals surface area (Å²) in [5.74, 6) is -0.686. The normalized spacial score (nSPS) is 17.6. The number of urea groups is 1. The van der Waals surface area contributed by atoms with Crippen LogP contribution in [0.5, 0.6) is 0 Å². The van der Waals surface area contributed by atoms with E-state index in [1.807, 2.05) is 6.92 Å². The van der Waals surface area contributed by atoms with Crippen LogP contribution in [0, 0.1) is 11.6 Å². The van der Waals surface area contributed by atoms with Gasteiger partial charge in [-0.2, -0.15) is 0 Å². The lowest BCUT2D eigenvalue weighted by atomic mass is 10.1. The van der Waals surface area contributed by atoms with Gasteiger partial charge in [-0.1, -0.05) is 11.3 Å². The second kappa shape index (κ2) is 9.31. The van der Waals surface area contributed by atoms with Gasteiger partial charge < -0.3 is 20.0 Å². The first kappa shape index (κ1) is 22.3. The number of aromatic nitrogens is 2. The van der Waals surface area contributed by atoms with Crippen molar-refractivity contribution < 1.29 is 23.8 Å². The van der Waals surface area contributed by atoms with Crippen LogP contribution in [0.25, 0.3) is 10.2 Å². The molecule has 8 nitrogen and oxygen atoms in total. The van der Waals surface area contributed by atoms with Crippen molar-refractivity contribution in [2.24, 2.45) is 0 Å². The van der Waals surface area contributed by atoms with E-state index in [9.17, 15) is 18.7 Å². The summed E-state index contributed by atoms with van der Waals surface area (Å²) in [6.07, 6.45) is 0.638. The molecular weight excluding hydrogens is 440 g/mol. The Balaban J connectivity index is 1.39. The summed E-state index contributed by atoms with van der Waals surface area (Å²) in [4.78, 5) is 24.6. The van der Waals surface area contributed by atoms with E-state index in [2.05, 4.69) is 15.3 Å². The monoisotopic (exact) mass is 463 g/mol. The Hall–Kier alpha value is -2.89. The minimum Gasteiger partial charge on any atom is -0.394 e. The number of fused-ring (bicyclic) bond motifs is 1. The number of benzene rings is 1. The maximum Gasteiger partial charge on any atom is 0.323 e. The van der Waals surface area contributed by atoms with Gasteiger partial charge in [-0.25, -0.2) is 23.5 Å². The van der Waals surface area contributed by atoms with Crippen LogP contribution >= 0.6 is 11.3 Å². The minimum atomic E-state index is -0.961. The molecule has 2 unspecified atom stereocenters. The third-order valence-electron chi connectivity index (χ3n) is 5.31. The number of halogens is 2. The van der Waals surface area contributed by atoms with E-state index < -0.39 is 18.5 Å². The summed E-state index contributed by atoms with van der Waals surface area (Å²) in [6.45, 7) is 2.59. The van der Waals surface area contributed by atoms with Crippen molar-refractivity contribution >= 4 is 38.5 Å². The molecule has 1 saturated heterocycles. The SMILES string of the molecule is CC1CN(C(=O)Nc2nc3ccc(F)cc3s2)CCN1c1ncc(CC(O)CO)cc1F. The van der Waals surface area contributed by atoms with Gasteiger partial charge in [0.1, 0.15) is 5.82 Å². The number of thiazole rings is 1. The first-order chi connectivity index (χ1) is 15.3. The Kier molecular flexibility index (Phi) is 6.49. The predicted molar refractivity (Wildman–Crippen MR) is 118 cm³/mol. The summed E-state index contributed by atoms with van der Waals surface area (Å²) in [5.41, 5.74) is 1.11. The summed E-state index contributed by atoms with van der Waals surface area (Å²) in [6, 6.07) is 5.06. The summed E-state index contributed by atoms with van der Waals surface area (Å²) in [7, 11) is 0. The largest absolute Gasteiger partial charge is 0.394 e. The van der Waals surface area contributed by atoms with Crippen molar-refractivity contribution in [2.45, 2.75) is 25.5 Å². The number of nitrogens with zero attached hydrogens (tertiary/aromatic N) is 4. The average molecular weight is 464 g/mol. The first-order valence-electron chi connectivity index (χ1n) is 10.2. The highest BCUT2D eigenvalue weighted by Crippen LogP contribution is 2.27. The van der Waals surface area contributed by atoms with Gasteiger partial charge in [0, 0.05) is 38.3 Å². The molecule has 4 rings (SSSR count). The first-order valence-corrected chi connectivity index (χ1v) is 11.0. The van der Waals surface area contributed by atoms with Crippen LogP contribution in [-0.2, 0) is 6.42 Å². The molecule has 11 heteroatoms. The van der Waals surface area contributed by atoms with Gasteiger partial charge in [0.25, 0.3) is 0 Å². The number of hydrogen-bond acceptors (Lipinski definition) is 7. The molecule has 0 radical (unpaired) electrons. The molecule has 1 aliphatic rings. The molecule has 0 bridgehead atoms. The molecule has 2 aromatic heterocycles. The lowest BCUT2D eigenvalue weighted by Gasteiger charge is -2.40. The Bertz CT molecular complexity index is 1130. The number of hydrogen-bond donors (Lipinski definition) is 3. The lowest BCUT2D eigenvalue weighted by Crippen LogP contribution is -2.55. The zero-order chi connectivity index (χ0) is 22.8. The number of aliphatic hydroxyl groups is 2. The van der Waals surface area contributed by atoms with Crippen molar-refractivity contribution in [1.82, 2.24) is 14.9 Å². The van der Waals surface area contributed by atoms with Gasteiger partial charge in [-0.15, -0.1) is 0 Å².